The number of aryl methyl sites for hydroxylation is 1. The van der Waals surface area contributed by atoms with Crippen LogP contribution in [0.1, 0.15) is 37.3 Å². The van der Waals surface area contributed by atoms with Crippen LogP contribution in [-0.4, -0.2) is 60.9 Å². The van der Waals surface area contributed by atoms with Gasteiger partial charge in [-0.05, 0) is 49.8 Å². The molecule has 2 aliphatic rings. The fourth-order valence-electron chi connectivity index (χ4n) is 4.04. The average molecular weight is 357 g/mol. The Hall–Kier alpha value is -2.04. The molecule has 2 aliphatic heterocycles. The molecule has 0 aromatic heterocycles. The number of hydrogen-bond acceptors (Lipinski definition) is 3. The minimum atomic E-state index is -0.0196. The van der Waals surface area contributed by atoms with E-state index in [4.69, 9.17) is 0 Å². The minimum absolute atomic E-state index is 0.00138. The van der Waals surface area contributed by atoms with E-state index in [-0.39, 0.29) is 18.2 Å². The number of benzene rings is 1. The first-order valence-corrected chi connectivity index (χ1v) is 9.82. The van der Waals surface area contributed by atoms with Gasteiger partial charge in [0.15, 0.2) is 0 Å². The molecule has 5 heteroatoms. The van der Waals surface area contributed by atoms with E-state index in [1.165, 1.54) is 23.2 Å². The molecule has 0 bridgehead atoms. The number of hydrogen-bond donors (Lipinski definition) is 0. The summed E-state index contributed by atoms with van der Waals surface area (Å²) >= 11 is 0. The van der Waals surface area contributed by atoms with Gasteiger partial charge in [0.1, 0.15) is 6.42 Å². The Bertz CT molecular complexity index is 665. The summed E-state index contributed by atoms with van der Waals surface area (Å²) in [4.78, 5) is 31.1. The molecular weight excluding hydrogens is 326 g/mol. The lowest BCUT2D eigenvalue weighted by molar-refractivity contribution is -0.141. The van der Waals surface area contributed by atoms with Crippen molar-refractivity contribution in [3.05, 3.63) is 29.3 Å². The smallest absolute Gasteiger partial charge is 0.232 e. The Balaban J connectivity index is 1.52. The molecule has 1 aromatic rings. The Morgan fingerprint density at radius 2 is 1.69 bits per heavy atom. The zero-order valence-corrected chi connectivity index (χ0v) is 16.3. The van der Waals surface area contributed by atoms with Gasteiger partial charge >= 0.3 is 0 Å². The summed E-state index contributed by atoms with van der Waals surface area (Å²) in [6.45, 7) is 11.1. The van der Waals surface area contributed by atoms with Crippen LogP contribution in [0.15, 0.2) is 18.2 Å². The minimum Gasteiger partial charge on any atom is -0.368 e. The van der Waals surface area contributed by atoms with Crippen LogP contribution >= 0.6 is 0 Å². The molecule has 1 aromatic carbocycles. The molecule has 0 spiro atoms. The summed E-state index contributed by atoms with van der Waals surface area (Å²) in [6.07, 6.45) is 2.25. The standard InChI is InChI=1S/C21H31N3O2/c1-16-6-5-9-24(15-16)21(26)14-20(25)23-12-10-22(11-13-23)19-8-4-7-17(2)18(19)3/h4,7-8,16H,5-6,9-15H2,1-3H3. The summed E-state index contributed by atoms with van der Waals surface area (Å²) in [5.41, 5.74) is 3.86. The summed E-state index contributed by atoms with van der Waals surface area (Å²) in [5, 5.41) is 0. The highest BCUT2D eigenvalue weighted by Gasteiger charge is 2.27. The SMILES string of the molecule is Cc1cccc(N2CCN(C(=O)CC(=O)N3CCCC(C)C3)CC2)c1C. The number of likely N-dealkylation sites (tertiary alicyclic amines) is 1. The fourth-order valence-corrected chi connectivity index (χ4v) is 4.04. The van der Waals surface area contributed by atoms with Crippen molar-refractivity contribution in [1.82, 2.24) is 9.80 Å². The summed E-state index contributed by atoms with van der Waals surface area (Å²) in [6, 6.07) is 6.38. The highest BCUT2D eigenvalue weighted by Crippen LogP contribution is 2.24. The van der Waals surface area contributed by atoms with E-state index in [1.807, 2.05) is 9.80 Å². The molecule has 1 unspecified atom stereocenters. The van der Waals surface area contributed by atoms with Crippen molar-refractivity contribution >= 4 is 17.5 Å². The van der Waals surface area contributed by atoms with Gasteiger partial charge in [-0.25, -0.2) is 0 Å². The van der Waals surface area contributed by atoms with Gasteiger partial charge in [-0.3, -0.25) is 9.59 Å². The van der Waals surface area contributed by atoms with Gasteiger partial charge in [0, 0.05) is 45.0 Å². The van der Waals surface area contributed by atoms with Crippen molar-refractivity contribution in [2.75, 3.05) is 44.2 Å². The highest BCUT2D eigenvalue weighted by molar-refractivity contribution is 5.97. The third kappa shape index (κ3) is 4.19. The second-order valence-corrected chi connectivity index (χ2v) is 7.85. The van der Waals surface area contributed by atoms with Crippen molar-refractivity contribution in [1.29, 1.82) is 0 Å². The van der Waals surface area contributed by atoms with Crippen LogP contribution in [0.4, 0.5) is 5.69 Å². The maximum absolute atomic E-state index is 12.6. The molecule has 26 heavy (non-hydrogen) atoms. The molecule has 1 atom stereocenters. The Labute approximate surface area is 156 Å². The predicted octanol–water partition coefficient (Wildman–Crippen LogP) is 2.60. The number of carbonyl (C=O) groups excluding carboxylic acids is 2. The van der Waals surface area contributed by atoms with Crippen LogP contribution < -0.4 is 4.90 Å². The predicted molar refractivity (Wildman–Crippen MR) is 104 cm³/mol. The van der Waals surface area contributed by atoms with Crippen LogP contribution in [0.25, 0.3) is 0 Å². The summed E-state index contributed by atoms with van der Waals surface area (Å²) in [5.74, 6) is 0.524. The molecule has 142 valence electrons. The molecule has 2 amide bonds. The van der Waals surface area contributed by atoms with E-state index in [9.17, 15) is 9.59 Å². The number of anilines is 1. The first-order chi connectivity index (χ1) is 12.5. The number of nitrogens with zero attached hydrogens (tertiary/aromatic N) is 3. The molecule has 0 aliphatic carbocycles. The molecule has 0 N–H and O–H groups in total. The number of piperazine rings is 1. The van der Waals surface area contributed by atoms with Gasteiger partial charge in [0.2, 0.25) is 11.8 Å². The molecule has 2 fully saturated rings. The number of carbonyl (C=O) groups is 2. The first kappa shape index (κ1) is 18.7. The van der Waals surface area contributed by atoms with Gasteiger partial charge in [-0.2, -0.15) is 0 Å². The van der Waals surface area contributed by atoms with Gasteiger partial charge in [-0.15, -0.1) is 0 Å². The number of amides is 2. The van der Waals surface area contributed by atoms with E-state index in [0.717, 1.165) is 32.6 Å². The maximum Gasteiger partial charge on any atom is 0.232 e. The zero-order valence-electron chi connectivity index (χ0n) is 16.3. The highest BCUT2D eigenvalue weighted by atomic mass is 16.2. The number of rotatable bonds is 3. The molecule has 0 radical (unpaired) electrons. The molecule has 5 nitrogen and oxygen atoms in total. The van der Waals surface area contributed by atoms with Crippen molar-refractivity contribution in [3.63, 3.8) is 0 Å². The van der Waals surface area contributed by atoms with Crippen LogP contribution in [-0.2, 0) is 9.59 Å². The van der Waals surface area contributed by atoms with E-state index in [0.29, 0.717) is 19.0 Å². The average Bonchev–Trinajstić information content (AvgIpc) is 2.64. The van der Waals surface area contributed by atoms with E-state index >= 15 is 0 Å². The molecule has 2 heterocycles. The van der Waals surface area contributed by atoms with Crippen molar-refractivity contribution in [2.24, 2.45) is 5.92 Å². The first-order valence-electron chi connectivity index (χ1n) is 9.82. The van der Waals surface area contributed by atoms with Crippen LogP contribution in [0.5, 0.6) is 0 Å². The van der Waals surface area contributed by atoms with Crippen molar-refractivity contribution < 1.29 is 9.59 Å². The third-order valence-electron chi connectivity index (χ3n) is 5.86. The Morgan fingerprint density at radius 3 is 2.38 bits per heavy atom. The van der Waals surface area contributed by atoms with E-state index in [1.54, 1.807) is 0 Å². The van der Waals surface area contributed by atoms with Gasteiger partial charge in [0.25, 0.3) is 0 Å². The molecule has 3 rings (SSSR count). The maximum atomic E-state index is 12.6. The largest absolute Gasteiger partial charge is 0.368 e. The third-order valence-corrected chi connectivity index (χ3v) is 5.86. The summed E-state index contributed by atoms with van der Waals surface area (Å²) in [7, 11) is 0. The number of piperidine rings is 1. The van der Waals surface area contributed by atoms with E-state index in [2.05, 4.69) is 43.9 Å². The lowest BCUT2D eigenvalue weighted by Crippen LogP contribution is -2.50. The Morgan fingerprint density at radius 1 is 1.00 bits per heavy atom. The van der Waals surface area contributed by atoms with Crippen LogP contribution in [0.2, 0.25) is 0 Å². The lowest BCUT2D eigenvalue weighted by atomic mass is 10.00. The second-order valence-electron chi connectivity index (χ2n) is 7.85. The molecule has 0 saturated carbocycles. The van der Waals surface area contributed by atoms with Gasteiger partial charge in [-0.1, -0.05) is 19.1 Å². The van der Waals surface area contributed by atoms with Crippen molar-refractivity contribution in [3.8, 4) is 0 Å². The Kier molecular flexibility index (Phi) is 5.84. The second kappa shape index (κ2) is 8.11. The zero-order chi connectivity index (χ0) is 18.7. The normalized spacial score (nSPS) is 21.0. The fraction of sp³-hybridized carbons (Fsp3) is 0.619. The van der Waals surface area contributed by atoms with Gasteiger partial charge < -0.3 is 14.7 Å². The van der Waals surface area contributed by atoms with Crippen LogP contribution in [0.3, 0.4) is 0 Å². The lowest BCUT2D eigenvalue weighted by Gasteiger charge is -2.37. The summed E-state index contributed by atoms with van der Waals surface area (Å²) < 4.78 is 0. The molecule has 2 saturated heterocycles. The van der Waals surface area contributed by atoms with Crippen LogP contribution in [0, 0.1) is 19.8 Å². The van der Waals surface area contributed by atoms with E-state index < -0.39 is 0 Å². The topological polar surface area (TPSA) is 43.9 Å². The van der Waals surface area contributed by atoms with Gasteiger partial charge in [0.05, 0.1) is 0 Å². The van der Waals surface area contributed by atoms with Crippen molar-refractivity contribution in [2.45, 2.75) is 40.0 Å². The monoisotopic (exact) mass is 357 g/mol. The quantitative estimate of drug-likeness (QED) is 0.781. The molecular formula is C21H31N3O2.